The second-order valence-corrected chi connectivity index (χ2v) is 10.2. The Kier molecular flexibility index (Phi) is 6.09. The standard InChI is InChI=1S/C22H20ClN3O3S2/c23-17-8-6-16(7-9-17)21-25-22(27,15-30-19-4-2-1-3-5-19)14-26(21)18-10-12-20(13-11-18)31(24,28)29/h1-13,27H,14-15H2,(H2,24,28,29). The monoisotopic (exact) mass is 473 g/mol. The van der Waals surface area contributed by atoms with E-state index in [1.54, 1.807) is 24.3 Å². The highest BCUT2D eigenvalue weighted by Crippen LogP contribution is 2.33. The molecule has 1 unspecified atom stereocenters. The van der Waals surface area contributed by atoms with Gasteiger partial charge in [-0.3, -0.25) is 0 Å². The molecule has 3 aromatic carbocycles. The number of nitrogens with two attached hydrogens (primary N) is 1. The number of aliphatic hydroxyl groups is 1. The van der Waals surface area contributed by atoms with Gasteiger partial charge in [-0.05, 0) is 60.7 Å². The zero-order valence-corrected chi connectivity index (χ0v) is 18.7. The molecule has 160 valence electrons. The molecular formula is C22H20ClN3O3S2. The normalized spacial score (nSPS) is 18.8. The predicted octanol–water partition coefficient (Wildman–Crippen LogP) is 3.74. The molecule has 0 bridgehead atoms. The van der Waals surface area contributed by atoms with E-state index in [2.05, 4.69) is 4.99 Å². The molecule has 3 N–H and O–H groups in total. The number of benzene rings is 3. The van der Waals surface area contributed by atoms with E-state index in [-0.39, 0.29) is 11.4 Å². The van der Waals surface area contributed by atoms with Crippen molar-refractivity contribution in [2.24, 2.45) is 10.1 Å². The first kappa shape index (κ1) is 21.9. The van der Waals surface area contributed by atoms with Gasteiger partial charge in [-0.1, -0.05) is 29.8 Å². The fraction of sp³-hybridized carbons (Fsp3) is 0.136. The van der Waals surface area contributed by atoms with Crippen LogP contribution >= 0.6 is 23.4 Å². The van der Waals surface area contributed by atoms with Crippen LogP contribution in [0.4, 0.5) is 5.69 Å². The largest absolute Gasteiger partial charge is 0.367 e. The second kappa shape index (κ2) is 8.64. The lowest BCUT2D eigenvalue weighted by Crippen LogP contribution is -2.38. The predicted molar refractivity (Wildman–Crippen MR) is 125 cm³/mol. The summed E-state index contributed by atoms with van der Waals surface area (Å²) in [7, 11) is -3.79. The highest BCUT2D eigenvalue weighted by Gasteiger charge is 2.38. The summed E-state index contributed by atoms with van der Waals surface area (Å²) in [6.45, 7) is 0.222. The summed E-state index contributed by atoms with van der Waals surface area (Å²) in [5, 5.41) is 17.1. The van der Waals surface area contributed by atoms with Crippen LogP contribution in [0.15, 0.2) is 93.6 Å². The Hall–Kier alpha value is -2.36. The lowest BCUT2D eigenvalue weighted by Gasteiger charge is -2.24. The van der Waals surface area contributed by atoms with E-state index >= 15 is 0 Å². The molecule has 0 spiro atoms. The number of β-amino-alcohol motifs (C(OH)–C–C–N with tert-alkyl or cyclic N) is 1. The number of amidine groups is 1. The van der Waals surface area contributed by atoms with Gasteiger partial charge >= 0.3 is 0 Å². The number of hydrogen-bond acceptors (Lipinski definition) is 6. The smallest absolute Gasteiger partial charge is 0.238 e. The molecule has 0 aromatic heterocycles. The molecule has 1 aliphatic heterocycles. The van der Waals surface area contributed by atoms with Gasteiger partial charge in [0.25, 0.3) is 0 Å². The lowest BCUT2D eigenvalue weighted by atomic mass is 10.2. The first-order valence-electron chi connectivity index (χ1n) is 9.40. The molecule has 9 heteroatoms. The van der Waals surface area contributed by atoms with Crippen molar-refractivity contribution in [3.8, 4) is 0 Å². The van der Waals surface area contributed by atoms with Crippen LogP contribution in [0.2, 0.25) is 5.02 Å². The summed E-state index contributed by atoms with van der Waals surface area (Å²) in [6, 6.07) is 23.2. The van der Waals surface area contributed by atoms with Crippen molar-refractivity contribution in [2.45, 2.75) is 15.5 Å². The van der Waals surface area contributed by atoms with Crippen LogP contribution in [0, 0.1) is 0 Å². The number of rotatable bonds is 6. The van der Waals surface area contributed by atoms with E-state index in [0.717, 1.165) is 10.5 Å². The fourth-order valence-corrected chi connectivity index (χ4v) is 4.81. The molecule has 3 aromatic rings. The molecule has 0 fully saturated rings. The van der Waals surface area contributed by atoms with Crippen molar-refractivity contribution in [3.63, 3.8) is 0 Å². The van der Waals surface area contributed by atoms with E-state index in [9.17, 15) is 13.5 Å². The number of thioether (sulfide) groups is 1. The van der Waals surface area contributed by atoms with Gasteiger partial charge in [0.05, 0.1) is 11.4 Å². The Morgan fingerprint density at radius 3 is 2.29 bits per heavy atom. The van der Waals surface area contributed by atoms with E-state index in [0.29, 0.717) is 22.3 Å². The number of sulfonamides is 1. The Morgan fingerprint density at radius 2 is 1.68 bits per heavy atom. The topological polar surface area (TPSA) is 96.0 Å². The molecule has 0 saturated carbocycles. The van der Waals surface area contributed by atoms with E-state index < -0.39 is 15.7 Å². The number of primary sulfonamides is 1. The molecule has 0 aliphatic carbocycles. The van der Waals surface area contributed by atoms with Crippen LogP contribution < -0.4 is 10.0 Å². The maximum Gasteiger partial charge on any atom is 0.238 e. The van der Waals surface area contributed by atoms with Gasteiger partial charge in [0, 0.05) is 26.9 Å². The minimum absolute atomic E-state index is 0.0234. The number of nitrogens with zero attached hydrogens (tertiary/aromatic N) is 2. The SMILES string of the molecule is NS(=O)(=O)c1ccc(N2CC(O)(CSc3ccccc3)N=C2c2ccc(Cl)cc2)cc1. The van der Waals surface area contributed by atoms with Crippen LogP contribution in [-0.4, -0.2) is 37.4 Å². The molecule has 1 heterocycles. The molecular weight excluding hydrogens is 454 g/mol. The molecule has 1 aliphatic rings. The van der Waals surface area contributed by atoms with Crippen molar-refractivity contribution in [1.29, 1.82) is 0 Å². The van der Waals surface area contributed by atoms with Crippen molar-refractivity contribution >= 4 is 44.9 Å². The molecule has 6 nitrogen and oxygen atoms in total. The number of halogens is 1. The quantitative estimate of drug-likeness (QED) is 0.532. The Bertz CT molecular complexity index is 1200. The lowest BCUT2D eigenvalue weighted by molar-refractivity contribution is 0.0931. The summed E-state index contributed by atoms with van der Waals surface area (Å²) < 4.78 is 23.2. The number of hydrogen-bond donors (Lipinski definition) is 2. The third-order valence-electron chi connectivity index (χ3n) is 4.77. The zero-order valence-electron chi connectivity index (χ0n) is 16.3. The second-order valence-electron chi connectivity index (χ2n) is 7.15. The summed E-state index contributed by atoms with van der Waals surface area (Å²) in [5.74, 6) is 0.941. The van der Waals surface area contributed by atoms with Crippen molar-refractivity contribution in [2.75, 3.05) is 17.2 Å². The van der Waals surface area contributed by atoms with Gasteiger partial charge in [-0.2, -0.15) is 0 Å². The molecule has 0 radical (unpaired) electrons. The van der Waals surface area contributed by atoms with E-state index in [1.807, 2.05) is 47.4 Å². The molecule has 0 saturated heterocycles. The zero-order chi connectivity index (χ0) is 22.1. The van der Waals surface area contributed by atoms with Crippen LogP contribution in [0.3, 0.4) is 0 Å². The van der Waals surface area contributed by atoms with Crippen LogP contribution in [0.25, 0.3) is 0 Å². The summed E-state index contributed by atoms with van der Waals surface area (Å²) in [5.41, 5.74) is 0.163. The van der Waals surface area contributed by atoms with Crippen molar-refractivity contribution in [3.05, 3.63) is 89.4 Å². The third-order valence-corrected chi connectivity index (χ3v) is 7.17. The Labute approximate surface area is 190 Å². The molecule has 4 rings (SSSR count). The highest BCUT2D eigenvalue weighted by atomic mass is 35.5. The van der Waals surface area contributed by atoms with Crippen LogP contribution in [0.1, 0.15) is 5.56 Å². The van der Waals surface area contributed by atoms with Gasteiger partial charge in [0.1, 0.15) is 5.84 Å². The van der Waals surface area contributed by atoms with Gasteiger partial charge in [-0.25, -0.2) is 18.5 Å². The first-order valence-corrected chi connectivity index (χ1v) is 12.3. The van der Waals surface area contributed by atoms with Gasteiger partial charge in [-0.15, -0.1) is 11.8 Å². The average molecular weight is 474 g/mol. The average Bonchev–Trinajstić information content (AvgIpc) is 3.11. The minimum Gasteiger partial charge on any atom is -0.367 e. The van der Waals surface area contributed by atoms with Crippen LogP contribution in [0.5, 0.6) is 0 Å². The summed E-state index contributed by atoms with van der Waals surface area (Å²) >= 11 is 7.55. The Morgan fingerprint density at radius 1 is 1.03 bits per heavy atom. The fourth-order valence-electron chi connectivity index (χ4n) is 3.26. The van der Waals surface area contributed by atoms with Crippen LogP contribution in [-0.2, 0) is 10.0 Å². The minimum atomic E-state index is -3.79. The highest BCUT2D eigenvalue weighted by molar-refractivity contribution is 7.99. The van der Waals surface area contributed by atoms with Crippen molar-refractivity contribution < 1.29 is 13.5 Å². The number of anilines is 1. The summed E-state index contributed by atoms with van der Waals surface area (Å²) in [4.78, 5) is 7.58. The third kappa shape index (κ3) is 5.11. The van der Waals surface area contributed by atoms with Gasteiger partial charge in [0.15, 0.2) is 5.72 Å². The molecule has 0 amide bonds. The molecule has 31 heavy (non-hydrogen) atoms. The van der Waals surface area contributed by atoms with Crippen molar-refractivity contribution in [1.82, 2.24) is 0 Å². The van der Waals surface area contributed by atoms with Gasteiger partial charge in [0.2, 0.25) is 10.0 Å². The summed E-state index contributed by atoms with van der Waals surface area (Å²) in [6.07, 6.45) is 0. The maximum atomic E-state index is 11.6. The number of aliphatic imine (C=N–C) groups is 1. The maximum absolute atomic E-state index is 11.6. The van der Waals surface area contributed by atoms with E-state index in [1.165, 1.54) is 23.9 Å². The van der Waals surface area contributed by atoms with E-state index in [4.69, 9.17) is 16.7 Å². The Balaban J connectivity index is 1.66. The first-order chi connectivity index (χ1) is 14.7. The van der Waals surface area contributed by atoms with Gasteiger partial charge < -0.3 is 10.0 Å². The molecule has 1 atom stereocenters.